The Kier molecular flexibility index (Phi) is 11.2. The number of aromatic nitrogens is 2. The summed E-state index contributed by atoms with van der Waals surface area (Å²) in [6.07, 6.45) is 11.7. The smallest absolute Gasteiger partial charge is 0.433 e. The van der Waals surface area contributed by atoms with Crippen molar-refractivity contribution in [2.24, 2.45) is 63.7 Å². The summed E-state index contributed by atoms with van der Waals surface area (Å²) in [6.45, 7) is 22.4. The van der Waals surface area contributed by atoms with E-state index in [0.29, 0.717) is 55.5 Å². The second-order valence-electron chi connectivity index (χ2n) is 22.1. The van der Waals surface area contributed by atoms with Crippen molar-refractivity contribution in [3.63, 3.8) is 0 Å². The second kappa shape index (κ2) is 15.2. The zero-order valence-electron chi connectivity index (χ0n) is 37.7. The highest BCUT2D eigenvalue weighted by Crippen LogP contribution is 2.76. The number of ether oxygens (including phenoxy) is 1. The van der Waals surface area contributed by atoms with Gasteiger partial charge in [-0.3, -0.25) is 9.48 Å². The van der Waals surface area contributed by atoms with Gasteiger partial charge in [-0.05, 0) is 146 Å². The molecule has 1 aromatic rings. The molecule has 1 saturated heterocycles. The van der Waals surface area contributed by atoms with Crippen LogP contribution in [0.5, 0.6) is 5.88 Å². The first kappa shape index (κ1) is 44.9. The van der Waals surface area contributed by atoms with Crippen molar-refractivity contribution in [1.29, 1.82) is 0 Å². The summed E-state index contributed by atoms with van der Waals surface area (Å²) < 4.78 is 70.8. The first-order chi connectivity index (χ1) is 28.4. The van der Waals surface area contributed by atoms with Crippen LogP contribution in [0.15, 0.2) is 41.5 Å². The number of carbonyl (C=O) groups is 1. The lowest BCUT2D eigenvalue weighted by Gasteiger charge is -2.72. The zero-order valence-corrected chi connectivity index (χ0v) is 38.5. The molecule has 1 aliphatic heterocycles. The molecule has 340 valence electrons. The van der Waals surface area contributed by atoms with Crippen LogP contribution in [0.2, 0.25) is 0 Å². The number of fused-ring (bicyclic) bond motifs is 7. The molecule has 6 aliphatic carbocycles. The number of nitrogens with one attached hydrogen (secondary N) is 1. The average molecular weight is 873 g/mol. The highest BCUT2D eigenvalue weighted by Gasteiger charge is 2.70. The Morgan fingerprint density at radius 1 is 0.967 bits per heavy atom. The van der Waals surface area contributed by atoms with Crippen LogP contribution in [0, 0.1) is 56.7 Å². The number of carboxylic acid groups (broad SMARTS) is 1. The number of nitrogens with zero attached hydrogens (tertiary/aromatic N) is 3. The summed E-state index contributed by atoms with van der Waals surface area (Å²) in [5.74, 6) is 2.03. The van der Waals surface area contributed by atoms with Gasteiger partial charge in [0.15, 0.2) is 9.84 Å². The molecule has 9 nitrogen and oxygen atoms in total. The van der Waals surface area contributed by atoms with Crippen LogP contribution in [-0.4, -0.2) is 84.0 Å². The summed E-state index contributed by atoms with van der Waals surface area (Å²) in [4.78, 5) is 15.1. The van der Waals surface area contributed by atoms with E-state index in [4.69, 9.17) is 4.74 Å². The maximum Gasteiger partial charge on any atom is 0.433 e. The van der Waals surface area contributed by atoms with Crippen LogP contribution in [0.25, 0.3) is 0 Å². The molecule has 7 aliphatic rings. The fourth-order valence-corrected chi connectivity index (χ4v) is 16.8. The lowest BCUT2D eigenvalue weighted by Crippen LogP contribution is -2.68. The van der Waals surface area contributed by atoms with Crippen molar-refractivity contribution >= 4 is 15.8 Å². The van der Waals surface area contributed by atoms with Gasteiger partial charge in [0.1, 0.15) is 17.7 Å². The number of sulfone groups is 1. The largest absolute Gasteiger partial charge is 0.481 e. The monoisotopic (exact) mass is 873 g/mol. The summed E-state index contributed by atoms with van der Waals surface area (Å²) in [6, 6.07) is 0.832. The van der Waals surface area contributed by atoms with Crippen LogP contribution in [-0.2, 0) is 27.9 Å². The number of allylic oxidation sites excluding steroid dienone is 5. The average Bonchev–Trinajstić information content (AvgIpc) is 3.76. The van der Waals surface area contributed by atoms with E-state index in [-0.39, 0.29) is 57.6 Å². The van der Waals surface area contributed by atoms with Gasteiger partial charge in [-0.25, -0.2) is 8.42 Å². The molecule has 0 aromatic carbocycles. The highest BCUT2D eigenvalue weighted by molar-refractivity contribution is 7.91. The Balaban J connectivity index is 0.996. The van der Waals surface area contributed by atoms with Gasteiger partial charge in [0.25, 0.3) is 0 Å². The zero-order chi connectivity index (χ0) is 44.2. The van der Waals surface area contributed by atoms with E-state index in [9.17, 15) is 31.5 Å². The van der Waals surface area contributed by atoms with Gasteiger partial charge in [-0.15, -0.1) is 5.10 Å². The van der Waals surface area contributed by atoms with Crippen LogP contribution < -0.4 is 10.1 Å². The van der Waals surface area contributed by atoms with Crippen molar-refractivity contribution in [2.45, 2.75) is 130 Å². The molecular formula is C48H71F3N4O5S. The minimum atomic E-state index is -4.59. The molecule has 0 bridgehead atoms. The molecule has 0 spiro atoms. The van der Waals surface area contributed by atoms with E-state index >= 15 is 0 Å². The Morgan fingerprint density at radius 2 is 1.69 bits per heavy atom. The Labute approximate surface area is 362 Å². The van der Waals surface area contributed by atoms with Crippen molar-refractivity contribution < 1.29 is 36.2 Å². The van der Waals surface area contributed by atoms with Crippen molar-refractivity contribution in [3.8, 4) is 5.88 Å². The van der Waals surface area contributed by atoms with E-state index in [1.807, 2.05) is 0 Å². The molecule has 13 heteroatoms. The molecule has 8 rings (SSSR count). The molecular weight excluding hydrogens is 802 g/mol. The van der Waals surface area contributed by atoms with Crippen LogP contribution >= 0.6 is 0 Å². The van der Waals surface area contributed by atoms with E-state index in [2.05, 4.69) is 75.6 Å². The summed E-state index contributed by atoms with van der Waals surface area (Å²) in [7, 11) is -1.70. The molecule has 4 saturated carbocycles. The van der Waals surface area contributed by atoms with Crippen molar-refractivity contribution in [2.75, 3.05) is 44.3 Å². The first-order valence-electron chi connectivity index (χ1n) is 23.1. The lowest BCUT2D eigenvalue weighted by atomic mass is 9.33. The van der Waals surface area contributed by atoms with E-state index in [1.165, 1.54) is 68.7 Å². The predicted octanol–water partition coefficient (Wildman–Crippen LogP) is 9.27. The summed E-state index contributed by atoms with van der Waals surface area (Å²) >= 11 is 0. The van der Waals surface area contributed by atoms with E-state index in [0.717, 1.165) is 36.7 Å². The van der Waals surface area contributed by atoms with Gasteiger partial charge in [0.05, 0.1) is 11.5 Å². The standard InChI is InChI=1S/C48H71F3N4O5S/c1-31(2)33-13-20-47(52-23-24-55-25-27-61(58,59)28-26-55)22-21-44(6)35(40(33)47)9-10-37-43(5)16-14-34(42(3,4)36(43)15-17-45(37,44)7)32-11-18-46(19-12-32,41(56)57)30-60-39-29-38(48(49,50)51)54(8)53-39/h11,14,29,33,35-37,40,52H,1,9-10,12-13,15-28,30H2,2-8H3,(H,56,57)/t33-,35+,36-,37+,40+,43-,44+,45+,46?,47-/m0/s1. The fourth-order valence-electron chi connectivity index (χ4n) is 15.6. The fraction of sp³-hybridized carbons (Fsp3) is 0.792. The number of hydrogen-bond donors (Lipinski definition) is 2. The van der Waals surface area contributed by atoms with Crippen molar-refractivity contribution in [3.05, 3.63) is 47.2 Å². The molecule has 0 radical (unpaired) electrons. The van der Waals surface area contributed by atoms with Crippen LogP contribution in [0.3, 0.4) is 0 Å². The number of carboxylic acids is 1. The van der Waals surface area contributed by atoms with Gasteiger partial charge in [0.2, 0.25) is 5.88 Å². The van der Waals surface area contributed by atoms with Gasteiger partial charge >= 0.3 is 12.1 Å². The minimum Gasteiger partial charge on any atom is -0.481 e. The third-order valence-electron chi connectivity index (χ3n) is 19.0. The molecule has 1 unspecified atom stereocenters. The second-order valence-corrected chi connectivity index (χ2v) is 24.4. The summed E-state index contributed by atoms with van der Waals surface area (Å²) in [5, 5.41) is 18.5. The molecule has 1 aromatic heterocycles. The molecule has 10 atom stereocenters. The minimum absolute atomic E-state index is 0.0948. The Hall–Kier alpha value is -2.64. The van der Waals surface area contributed by atoms with Crippen molar-refractivity contribution in [1.82, 2.24) is 20.0 Å². The number of aryl methyl sites for hydroxylation is 1. The Morgan fingerprint density at radius 3 is 2.31 bits per heavy atom. The quantitative estimate of drug-likeness (QED) is 0.224. The molecule has 61 heavy (non-hydrogen) atoms. The number of halogens is 3. The third-order valence-corrected chi connectivity index (χ3v) is 20.7. The van der Waals surface area contributed by atoms with Gasteiger partial charge < -0.3 is 20.1 Å². The SMILES string of the molecule is C=C(C)[C@@H]1CC[C@]2(NCCN3CCS(=O)(=O)CC3)CC[C@]3(C)[C@H](CC[C@@H]4[C@@]5(C)CC=C(C6=CCC(COc7cc(C(F)(F)F)n(C)n7)(C(=O)O)CC6)C(C)(C)[C@@H]5CC[C@]43C)[C@@H]12. The van der Waals surface area contributed by atoms with Gasteiger partial charge in [-0.2, -0.15) is 13.2 Å². The third kappa shape index (κ3) is 7.28. The highest BCUT2D eigenvalue weighted by atomic mass is 32.2. The Bertz CT molecular complexity index is 2080. The van der Waals surface area contributed by atoms with Gasteiger partial charge in [-0.1, -0.05) is 58.9 Å². The first-order valence-corrected chi connectivity index (χ1v) is 24.9. The number of rotatable bonds is 10. The molecule has 2 heterocycles. The number of hydrogen-bond acceptors (Lipinski definition) is 7. The van der Waals surface area contributed by atoms with Crippen LogP contribution in [0.4, 0.5) is 13.2 Å². The van der Waals surface area contributed by atoms with E-state index < -0.39 is 33.1 Å². The normalized spacial score (nSPS) is 40.7. The summed E-state index contributed by atoms with van der Waals surface area (Å²) in [5.41, 5.74) is 2.18. The topological polar surface area (TPSA) is 114 Å². The lowest BCUT2D eigenvalue weighted by molar-refractivity contribution is -0.221. The molecule has 2 N–H and O–H groups in total. The van der Waals surface area contributed by atoms with Crippen LogP contribution in [0.1, 0.15) is 124 Å². The molecule has 0 amide bonds. The predicted molar refractivity (Wildman–Crippen MR) is 232 cm³/mol. The number of aliphatic carboxylic acids is 1. The maximum atomic E-state index is 13.4. The molecule has 5 fully saturated rings. The van der Waals surface area contributed by atoms with E-state index in [1.54, 1.807) is 0 Å². The maximum absolute atomic E-state index is 13.4. The van der Waals surface area contributed by atoms with Gasteiger partial charge in [0, 0.05) is 44.8 Å². The number of alkyl halides is 3.